The zero-order chi connectivity index (χ0) is 24.9. The Morgan fingerprint density at radius 1 is 1.12 bits per heavy atom. The van der Waals surface area contributed by atoms with Crippen LogP contribution in [0.15, 0.2) is 65.6 Å². The largest absolute Gasteiger partial charge is 0.450 e. The molecule has 180 valence electrons. The van der Waals surface area contributed by atoms with E-state index in [1.807, 2.05) is 0 Å². The Labute approximate surface area is 193 Å². The summed E-state index contributed by atoms with van der Waals surface area (Å²) in [6.07, 6.45) is -3.56. The maximum atomic E-state index is 14.2. The fraction of sp³-hybridized carbons (Fsp3) is 0.227. The molecule has 0 bridgehead atoms. The highest BCUT2D eigenvalue weighted by Crippen LogP contribution is 2.34. The van der Waals surface area contributed by atoms with Crippen LogP contribution < -0.4 is 4.72 Å². The number of carbonyl (C=O) groups is 3. The number of nitrogens with one attached hydrogen (secondary N) is 1. The van der Waals surface area contributed by atoms with Crippen molar-refractivity contribution in [3.8, 4) is 0 Å². The van der Waals surface area contributed by atoms with Crippen LogP contribution in [0, 0.1) is 6.92 Å². The zero-order valence-corrected chi connectivity index (χ0v) is 18.5. The second-order valence-electron chi connectivity index (χ2n) is 7.19. The van der Waals surface area contributed by atoms with Gasteiger partial charge in [-0.25, -0.2) is 27.5 Å². The van der Waals surface area contributed by atoms with Crippen molar-refractivity contribution in [2.75, 3.05) is 6.61 Å². The Bertz CT molecular complexity index is 1200. The number of alkyl halides is 2. The van der Waals surface area contributed by atoms with Gasteiger partial charge in [-0.3, -0.25) is 0 Å². The summed E-state index contributed by atoms with van der Waals surface area (Å²) in [5.41, 5.74) is 1.38. The summed E-state index contributed by atoms with van der Waals surface area (Å²) in [7, 11) is -4.30. The minimum Gasteiger partial charge on any atom is -0.450 e. The van der Waals surface area contributed by atoms with Crippen molar-refractivity contribution in [1.82, 2.24) is 4.72 Å². The van der Waals surface area contributed by atoms with Crippen molar-refractivity contribution >= 4 is 34.1 Å². The van der Waals surface area contributed by atoms with Crippen molar-refractivity contribution in [2.45, 2.75) is 29.9 Å². The summed E-state index contributed by atoms with van der Waals surface area (Å²) in [5.74, 6) is -7.36. The Kier molecular flexibility index (Phi) is 7.30. The third kappa shape index (κ3) is 5.95. The molecular formula is C22H19F2NO8S. The SMILES string of the molecule is Cc1ccc(S(=O)(=O)NC(=O)OC[C@H]2OC(=O)C(F)(F)[C@@H]2OC(=O)/C=C/c2ccccc2)cc1. The number of sulfonamides is 1. The van der Waals surface area contributed by atoms with Crippen molar-refractivity contribution in [3.63, 3.8) is 0 Å². The maximum Gasteiger partial charge on any atom is 0.421 e. The van der Waals surface area contributed by atoms with E-state index in [0.717, 1.165) is 11.6 Å². The third-order valence-electron chi connectivity index (χ3n) is 4.61. The molecule has 9 nitrogen and oxygen atoms in total. The molecule has 2 aromatic carbocycles. The molecule has 34 heavy (non-hydrogen) atoms. The maximum absolute atomic E-state index is 14.2. The molecule has 3 rings (SSSR count). The lowest BCUT2D eigenvalue weighted by Gasteiger charge is -2.19. The molecular weight excluding hydrogens is 476 g/mol. The van der Waals surface area contributed by atoms with Crippen LogP contribution in [-0.4, -0.2) is 51.2 Å². The quantitative estimate of drug-likeness (QED) is 0.353. The van der Waals surface area contributed by atoms with Gasteiger partial charge in [-0.1, -0.05) is 48.0 Å². The first kappa shape index (κ1) is 24.8. The van der Waals surface area contributed by atoms with Crippen molar-refractivity contribution in [1.29, 1.82) is 0 Å². The van der Waals surface area contributed by atoms with Gasteiger partial charge >= 0.3 is 24.0 Å². The number of benzene rings is 2. The topological polar surface area (TPSA) is 125 Å². The lowest BCUT2D eigenvalue weighted by atomic mass is 10.1. The fourth-order valence-electron chi connectivity index (χ4n) is 2.86. The molecule has 0 radical (unpaired) electrons. The van der Waals surface area contributed by atoms with E-state index in [0.29, 0.717) is 5.56 Å². The summed E-state index contributed by atoms with van der Waals surface area (Å²) in [6, 6.07) is 14.0. The number of esters is 2. The molecule has 1 aliphatic rings. The van der Waals surface area contributed by atoms with Gasteiger partial charge in [0.05, 0.1) is 4.90 Å². The number of halogens is 2. The molecule has 1 heterocycles. The molecule has 1 saturated heterocycles. The molecule has 0 unspecified atom stereocenters. The smallest absolute Gasteiger partial charge is 0.421 e. The average molecular weight is 495 g/mol. The van der Waals surface area contributed by atoms with Crippen LogP contribution in [0.4, 0.5) is 13.6 Å². The number of hydrogen-bond acceptors (Lipinski definition) is 8. The van der Waals surface area contributed by atoms with Gasteiger partial charge in [0, 0.05) is 6.08 Å². The van der Waals surface area contributed by atoms with Gasteiger partial charge < -0.3 is 14.2 Å². The molecule has 0 saturated carbocycles. The fourth-order valence-corrected chi connectivity index (χ4v) is 3.76. The highest BCUT2D eigenvalue weighted by molar-refractivity contribution is 7.90. The molecule has 1 amide bonds. The Morgan fingerprint density at radius 2 is 1.76 bits per heavy atom. The first-order chi connectivity index (χ1) is 16.0. The van der Waals surface area contributed by atoms with Crippen LogP contribution in [0.25, 0.3) is 6.08 Å². The minimum absolute atomic E-state index is 0.231. The van der Waals surface area contributed by atoms with Gasteiger partial charge in [0.2, 0.25) is 6.10 Å². The predicted octanol–water partition coefficient (Wildman–Crippen LogP) is 2.60. The predicted molar refractivity (Wildman–Crippen MR) is 113 cm³/mol. The van der Waals surface area contributed by atoms with E-state index in [1.165, 1.54) is 30.3 Å². The molecule has 1 aliphatic heterocycles. The lowest BCUT2D eigenvalue weighted by Crippen LogP contribution is -2.43. The normalized spacial score (nSPS) is 19.4. The van der Waals surface area contributed by atoms with Crippen molar-refractivity contribution in [2.24, 2.45) is 0 Å². The van der Waals surface area contributed by atoms with E-state index < -0.39 is 52.8 Å². The van der Waals surface area contributed by atoms with Crippen molar-refractivity contribution in [3.05, 3.63) is 71.8 Å². The second-order valence-corrected chi connectivity index (χ2v) is 8.87. The van der Waals surface area contributed by atoms with Crippen LogP contribution >= 0.6 is 0 Å². The number of ether oxygens (including phenoxy) is 3. The van der Waals surface area contributed by atoms with E-state index in [2.05, 4.69) is 9.47 Å². The van der Waals surface area contributed by atoms with Gasteiger partial charge in [0.15, 0.2) is 6.10 Å². The number of hydrogen-bond donors (Lipinski definition) is 1. The van der Waals surface area contributed by atoms with Gasteiger partial charge in [-0.2, -0.15) is 8.78 Å². The van der Waals surface area contributed by atoms with Crippen molar-refractivity contribution < 1.29 is 45.8 Å². The molecule has 0 aromatic heterocycles. The molecule has 12 heteroatoms. The minimum atomic E-state index is -4.30. The Morgan fingerprint density at radius 3 is 2.41 bits per heavy atom. The first-order valence-electron chi connectivity index (χ1n) is 9.78. The zero-order valence-electron chi connectivity index (χ0n) is 17.6. The average Bonchev–Trinajstić information content (AvgIpc) is 3.00. The van der Waals surface area contributed by atoms with E-state index in [9.17, 15) is 31.6 Å². The van der Waals surface area contributed by atoms with Gasteiger partial charge in [-0.15, -0.1) is 0 Å². The highest BCUT2D eigenvalue weighted by atomic mass is 32.2. The number of carbonyl (C=O) groups excluding carboxylic acids is 3. The van der Waals surface area contributed by atoms with E-state index in [4.69, 9.17) is 4.74 Å². The van der Waals surface area contributed by atoms with E-state index >= 15 is 0 Å². The van der Waals surface area contributed by atoms with Crippen LogP contribution in [0.3, 0.4) is 0 Å². The highest BCUT2D eigenvalue weighted by Gasteiger charge is 2.62. The molecule has 1 fully saturated rings. The first-order valence-corrected chi connectivity index (χ1v) is 11.3. The lowest BCUT2D eigenvalue weighted by molar-refractivity contribution is -0.170. The van der Waals surface area contributed by atoms with Crippen LogP contribution in [0.2, 0.25) is 0 Å². The van der Waals surface area contributed by atoms with E-state index in [-0.39, 0.29) is 4.90 Å². The summed E-state index contributed by atoms with van der Waals surface area (Å²) in [5, 5.41) is 0. The number of cyclic esters (lactones) is 1. The molecule has 2 atom stereocenters. The monoisotopic (exact) mass is 495 g/mol. The summed E-state index contributed by atoms with van der Waals surface area (Å²) >= 11 is 0. The van der Waals surface area contributed by atoms with Gasteiger partial charge in [0.1, 0.15) is 6.61 Å². The van der Waals surface area contributed by atoms with Crippen LogP contribution in [0.1, 0.15) is 11.1 Å². The van der Waals surface area contributed by atoms with Gasteiger partial charge in [0.25, 0.3) is 10.0 Å². The molecule has 0 aliphatic carbocycles. The summed E-state index contributed by atoms with van der Waals surface area (Å²) in [4.78, 5) is 35.2. The standard InChI is InChI=1S/C22H19F2NO8S/c1-14-7-10-16(11-8-14)34(29,30)25-21(28)31-13-17-19(22(23,24)20(27)32-17)33-18(26)12-9-15-5-3-2-4-6-15/h2-12,17,19H,13H2,1H3,(H,25,28)/b12-9+/t17-,19-/m1/s1. The number of aryl methyl sites for hydroxylation is 1. The van der Waals surface area contributed by atoms with Gasteiger partial charge in [-0.05, 0) is 30.7 Å². The number of rotatable bonds is 7. The Hall–Kier alpha value is -3.80. The summed E-state index contributed by atoms with van der Waals surface area (Å²) in [6.45, 7) is 0.744. The summed E-state index contributed by atoms with van der Waals surface area (Å²) < 4.78 is 68.2. The number of amides is 1. The molecule has 1 N–H and O–H groups in total. The molecule has 2 aromatic rings. The second kappa shape index (κ2) is 10.00. The van der Waals surface area contributed by atoms with Crippen LogP contribution in [-0.2, 0) is 33.8 Å². The van der Waals surface area contributed by atoms with Crippen LogP contribution in [0.5, 0.6) is 0 Å². The Balaban J connectivity index is 1.62. The molecule has 0 spiro atoms. The third-order valence-corrected chi connectivity index (χ3v) is 5.94. The van der Waals surface area contributed by atoms with E-state index in [1.54, 1.807) is 42.0 Å².